The number of unbranched alkanes of at least 4 members (excludes halogenated alkanes) is 32. The lowest BCUT2D eigenvalue weighted by atomic mass is 10.0. The molecule has 4 heteroatoms. The number of carboxylic acids is 1. The monoisotopic (exact) mass is 679 g/mol. The minimum atomic E-state index is -0.660. The van der Waals surface area contributed by atoms with Crippen LogP contribution in [0.5, 0.6) is 0 Å². The van der Waals surface area contributed by atoms with Crippen molar-refractivity contribution in [3.63, 3.8) is 0 Å². The van der Waals surface area contributed by atoms with Gasteiger partial charge in [-0.05, 0) is 32.1 Å². The number of carbonyl (C=O) groups is 2. The van der Waals surface area contributed by atoms with Crippen LogP contribution in [0.1, 0.15) is 264 Å². The van der Waals surface area contributed by atoms with Crippen LogP contribution in [0.25, 0.3) is 0 Å². The Hall–Kier alpha value is -1.06. The van der Waals surface area contributed by atoms with Crippen LogP contribution in [0.2, 0.25) is 0 Å². The Kier molecular flexibility index (Phi) is 39.5. The molecule has 0 aliphatic heterocycles. The summed E-state index contributed by atoms with van der Waals surface area (Å²) in [5.41, 5.74) is 0. The van der Waals surface area contributed by atoms with Crippen molar-refractivity contribution in [1.29, 1.82) is 0 Å². The van der Waals surface area contributed by atoms with Crippen molar-refractivity contribution in [2.24, 2.45) is 0 Å². The second-order valence-corrected chi connectivity index (χ2v) is 15.3. The summed E-state index contributed by atoms with van der Waals surface area (Å²) < 4.78 is 5.90. The number of rotatable bonds is 41. The van der Waals surface area contributed by atoms with Crippen molar-refractivity contribution < 1.29 is 19.4 Å². The minimum Gasteiger partial charge on any atom is -0.481 e. The number of aliphatic carboxylic acids is 1. The van der Waals surface area contributed by atoms with Crippen LogP contribution in [0.4, 0.5) is 0 Å². The fourth-order valence-corrected chi connectivity index (χ4v) is 7.12. The molecular formula is C44H86O4. The molecule has 0 fully saturated rings. The molecule has 0 aliphatic rings. The molecule has 0 saturated heterocycles. The second-order valence-electron chi connectivity index (χ2n) is 15.3. The van der Waals surface area contributed by atoms with Crippen LogP contribution >= 0.6 is 0 Å². The van der Waals surface area contributed by atoms with Gasteiger partial charge in [0.2, 0.25) is 0 Å². The van der Waals surface area contributed by atoms with E-state index in [1.807, 2.05) is 0 Å². The highest BCUT2D eigenvalue weighted by Gasteiger charge is 2.13. The standard InChI is InChI=1S/C44H86O4/c1-3-5-6-7-8-9-10-11-12-14-19-22-25-28-31-34-37-41-44(47)48-42(38-4-2)39-35-32-29-26-23-20-17-15-13-16-18-21-24-27-30-33-36-40-43(45)46/h42H,3-41H2,1-2H3,(H,45,46). The molecule has 0 amide bonds. The minimum absolute atomic E-state index is 0.0411. The summed E-state index contributed by atoms with van der Waals surface area (Å²) in [6.07, 6.45) is 49.3. The quantitative estimate of drug-likeness (QED) is 0.0516. The molecule has 0 aromatic heterocycles. The van der Waals surface area contributed by atoms with E-state index in [0.29, 0.717) is 12.8 Å². The average Bonchev–Trinajstić information content (AvgIpc) is 3.07. The third-order valence-corrected chi connectivity index (χ3v) is 10.3. The molecule has 0 spiro atoms. The summed E-state index contributed by atoms with van der Waals surface area (Å²) in [5, 5.41) is 8.66. The van der Waals surface area contributed by atoms with Gasteiger partial charge in [0.1, 0.15) is 6.10 Å². The van der Waals surface area contributed by atoms with Crippen molar-refractivity contribution in [3.8, 4) is 0 Å². The van der Waals surface area contributed by atoms with Gasteiger partial charge in [-0.25, -0.2) is 0 Å². The van der Waals surface area contributed by atoms with Gasteiger partial charge in [0.15, 0.2) is 0 Å². The van der Waals surface area contributed by atoms with Gasteiger partial charge < -0.3 is 9.84 Å². The zero-order chi connectivity index (χ0) is 35.0. The fraction of sp³-hybridized carbons (Fsp3) is 0.955. The van der Waals surface area contributed by atoms with Gasteiger partial charge in [0.05, 0.1) is 0 Å². The molecule has 0 saturated carbocycles. The fourth-order valence-electron chi connectivity index (χ4n) is 7.12. The molecule has 48 heavy (non-hydrogen) atoms. The van der Waals surface area contributed by atoms with Crippen molar-refractivity contribution in [1.82, 2.24) is 0 Å². The molecule has 0 heterocycles. The Morgan fingerprint density at radius 1 is 0.375 bits per heavy atom. The van der Waals surface area contributed by atoms with E-state index in [9.17, 15) is 9.59 Å². The Morgan fingerprint density at radius 2 is 0.667 bits per heavy atom. The largest absolute Gasteiger partial charge is 0.481 e. The van der Waals surface area contributed by atoms with Gasteiger partial charge >= 0.3 is 11.9 Å². The van der Waals surface area contributed by atoms with Crippen molar-refractivity contribution in [2.75, 3.05) is 0 Å². The molecule has 0 aromatic carbocycles. The summed E-state index contributed by atoms with van der Waals surface area (Å²) in [6.45, 7) is 4.49. The smallest absolute Gasteiger partial charge is 0.306 e. The number of hydrogen-bond donors (Lipinski definition) is 1. The van der Waals surface area contributed by atoms with Crippen LogP contribution < -0.4 is 0 Å². The van der Waals surface area contributed by atoms with Crippen molar-refractivity contribution in [3.05, 3.63) is 0 Å². The normalized spacial score (nSPS) is 12.0. The summed E-state index contributed by atoms with van der Waals surface area (Å²) >= 11 is 0. The van der Waals surface area contributed by atoms with Crippen LogP contribution in [0, 0.1) is 0 Å². The lowest BCUT2D eigenvalue weighted by Gasteiger charge is -2.17. The summed E-state index contributed by atoms with van der Waals surface area (Å²) in [4.78, 5) is 23.0. The van der Waals surface area contributed by atoms with Crippen LogP contribution in [0.15, 0.2) is 0 Å². The van der Waals surface area contributed by atoms with E-state index in [0.717, 1.165) is 38.5 Å². The second kappa shape index (κ2) is 40.4. The zero-order valence-corrected chi connectivity index (χ0v) is 32.8. The third-order valence-electron chi connectivity index (χ3n) is 10.3. The highest BCUT2D eigenvalue weighted by molar-refractivity contribution is 5.69. The Labute approximate surface area is 301 Å². The number of carboxylic acid groups (broad SMARTS) is 1. The Bertz CT molecular complexity index is 648. The maximum atomic E-state index is 12.5. The van der Waals surface area contributed by atoms with Gasteiger partial charge in [-0.15, -0.1) is 0 Å². The number of ether oxygens (including phenoxy) is 1. The lowest BCUT2D eigenvalue weighted by molar-refractivity contribution is -0.150. The zero-order valence-electron chi connectivity index (χ0n) is 32.8. The number of hydrogen-bond acceptors (Lipinski definition) is 3. The predicted molar refractivity (Wildman–Crippen MR) is 209 cm³/mol. The summed E-state index contributed by atoms with van der Waals surface area (Å²) in [5.74, 6) is -0.619. The topological polar surface area (TPSA) is 63.6 Å². The molecule has 286 valence electrons. The van der Waals surface area contributed by atoms with E-state index < -0.39 is 5.97 Å². The first-order valence-electron chi connectivity index (χ1n) is 22.0. The van der Waals surface area contributed by atoms with Gasteiger partial charge in [0.25, 0.3) is 0 Å². The first-order valence-corrected chi connectivity index (χ1v) is 22.0. The van der Waals surface area contributed by atoms with Crippen LogP contribution in [-0.4, -0.2) is 23.1 Å². The van der Waals surface area contributed by atoms with E-state index in [2.05, 4.69) is 13.8 Å². The molecule has 0 aromatic rings. The van der Waals surface area contributed by atoms with Gasteiger partial charge in [-0.3, -0.25) is 9.59 Å². The number of esters is 1. The highest BCUT2D eigenvalue weighted by Crippen LogP contribution is 2.18. The molecule has 4 nitrogen and oxygen atoms in total. The number of carbonyl (C=O) groups excluding carboxylic acids is 1. The molecule has 1 N–H and O–H groups in total. The van der Waals surface area contributed by atoms with Gasteiger partial charge in [-0.2, -0.15) is 0 Å². The summed E-state index contributed by atoms with van der Waals surface area (Å²) in [7, 11) is 0. The van der Waals surface area contributed by atoms with Gasteiger partial charge in [-0.1, -0.05) is 219 Å². The molecule has 0 radical (unpaired) electrons. The highest BCUT2D eigenvalue weighted by atomic mass is 16.5. The Morgan fingerprint density at radius 3 is 0.979 bits per heavy atom. The predicted octanol–water partition coefficient (Wildman–Crippen LogP) is 15.2. The average molecular weight is 679 g/mol. The van der Waals surface area contributed by atoms with E-state index in [-0.39, 0.29) is 12.1 Å². The maximum absolute atomic E-state index is 12.5. The molecule has 0 aliphatic carbocycles. The maximum Gasteiger partial charge on any atom is 0.306 e. The molecule has 0 rings (SSSR count). The van der Waals surface area contributed by atoms with E-state index in [1.165, 1.54) is 199 Å². The molecular weight excluding hydrogens is 592 g/mol. The van der Waals surface area contributed by atoms with Crippen LogP contribution in [-0.2, 0) is 14.3 Å². The third kappa shape index (κ3) is 39.4. The lowest BCUT2D eigenvalue weighted by Crippen LogP contribution is -2.18. The Balaban J connectivity index is 3.45. The molecule has 0 bridgehead atoms. The van der Waals surface area contributed by atoms with Crippen LogP contribution in [0.3, 0.4) is 0 Å². The van der Waals surface area contributed by atoms with E-state index in [4.69, 9.17) is 9.84 Å². The SMILES string of the molecule is CCCCCCCCCCCCCCCCCCCC(=O)OC(CCC)CCCCCCCCCCCCCCCCCCCC(=O)O. The van der Waals surface area contributed by atoms with E-state index in [1.54, 1.807) is 0 Å². The summed E-state index contributed by atoms with van der Waals surface area (Å²) in [6, 6.07) is 0. The molecule has 1 unspecified atom stereocenters. The first-order chi connectivity index (χ1) is 23.6. The first kappa shape index (κ1) is 46.9. The van der Waals surface area contributed by atoms with Crippen molar-refractivity contribution in [2.45, 2.75) is 270 Å². The van der Waals surface area contributed by atoms with E-state index >= 15 is 0 Å². The molecule has 1 atom stereocenters. The van der Waals surface area contributed by atoms with Gasteiger partial charge in [0, 0.05) is 12.8 Å². The van der Waals surface area contributed by atoms with Crippen molar-refractivity contribution >= 4 is 11.9 Å².